The molecule has 1 amide bonds. The Morgan fingerprint density at radius 3 is 2.62 bits per heavy atom. The van der Waals surface area contributed by atoms with Crippen LogP contribution in [0.25, 0.3) is 11.3 Å². The Kier molecular flexibility index (Phi) is 6.04. The molecule has 6 nitrogen and oxygen atoms in total. The van der Waals surface area contributed by atoms with Crippen molar-refractivity contribution in [2.45, 2.75) is 63.8 Å². The minimum absolute atomic E-state index is 0.209. The number of nitrogens with zero attached hydrogens (tertiary/aromatic N) is 3. The van der Waals surface area contributed by atoms with Gasteiger partial charge in [-0.2, -0.15) is 0 Å². The first-order valence-electron chi connectivity index (χ1n) is 10.5. The maximum absolute atomic E-state index is 12.9. The van der Waals surface area contributed by atoms with E-state index in [1.54, 1.807) is 0 Å². The summed E-state index contributed by atoms with van der Waals surface area (Å²) in [7, 11) is 0. The first-order chi connectivity index (χ1) is 14.1. The molecule has 0 aliphatic carbocycles. The summed E-state index contributed by atoms with van der Waals surface area (Å²) < 4.78 is 13.5. The summed E-state index contributed by atoms with van der Waals surface area (Å²) in [5, 5.41) is 0.878. The van der Waals surface area contributed by atoms with Crippen molar-refractivity contribution in [3.8, 4) is 22.8 Å². The fourth-order valence-corrected chi connectivity index (χ4v) is 5.24. The van der Waals surface area contributed by atoms with E-state index in [-0.39, 0.29) is 5.91 Å². The minimum Gasteiger partial charge on any atom is -0.486 e. The van der Waals surface area contributed by atoms with Crippen molar-refractivity contribution in [1.29, 1.82) is 0 Å². The van der Waals surface area contributed by atoms with Crippen LogP contribution in [0.15, 0.2) is 29.6 Å². The Morgan fingerprint density at radius 1 is 1.17 bits per heavy atom. The predicted octanol–water partition coefficient (Wildman–Crippen LogP) is 4.22. The number of thioether (sulfide) groups is 1. The zero-order valence-corrected chi connectivity index (χ0v) is 18.2. The third kappa shape index (κ3) is 4.10. The number of benzene rings is 1. The van der Waals surface area contributed by atoms with Crippen molar-refractivity contribution in [3.63, 3.8) is 0 Å². The molecule has 156 valence electrons. The van der Waals surface area contributed by atoms with E-state index in [0.717, 1.165) is 47.3 Å². The monoisotopic (exact) mass is 415 g/mol. The summed E-state index contributed by atoms with van der Waals surface area (Å²) in [4.78, 5) is 19.5. The molecule has 0 unspecified atom stereocenters. The van der Waals surface area contributed by atoms with E-state index in [2.05, 4.69) is 35.2 Å². The summed E-state index contributed by atoms with van der Waals surface area (Å²) in [6.07, 6.45) is 5.28. The molecule has 1 aromatic heterocycles. The Morgan fingerprint density at radius 2 is 1.90 bits per heavy atom. The third-order valence-corrected chi connectivity index (χ3v) is 6.75. The Hall–Kier alpha value is -2.15. The van der Waals surface area contributed by atoms with Gasteiger partial charge in [0.2, 0.25) is 5.91 Å². The van der Waals surface area contributed by atoms with E-state index < -0.39 is 0 Å². The molecule has 2 atom stereocenters. The van der Waals surface area contributed by atoms with Gasteiger partial charge in [-0.3, -0.25) is 4.79 Å². The van der Waals surface area contributed by atoms with Crippen LogP contribution in [-0.2, 0) is 11.3 Å². The number of carbonyl (C=O) groups excluding carboxylic acids is 1. The number of rotatable bonds is 5. The average Bonchev–Trinajstić information content (AvgIpc) is 3.14. The molecule has 0 radical (unpaired) electrons. The Balaban J connectivity index is 1.50. The van der Waals surface area contributed by atoms with Gasteiger partial charge >= 0.3 is 0 Å². The molecule has 2 aromatic rings. The predicted molar refractivity (Wildman–Crippen MR) is 115 cm³/mol. The summed E-state index contributed by atoms with van der Waals surface area (Å²) >= 11 is 1.53. The second-order valence-electron chi connectivity index (χ2n) is 7.75. The van der Waals surface area contributed by atoms with Gasteiger partial charge in [0.25, 0.3) is 0 Å². The quantitative estimate of drug-likeness (QED) is 0.684. The molecular weight excluding hydrogens is 386 g/mol. The standard InChI is InChI=1S/C22H29N3O3S/c1-4-24-18(17-8-9-19-20(12-17)28-11-10-27-19)13-23-22(24)29-14-21(26)25-15(2)6-5-7-16(25)3/h8-9,12-13,15-16H,4-7,10-11,14H2,1-3H3/t15-,16+. The zero-order chi connectivity index (χ0) is 20.4. The zero-order valence-electron chi connectivity index (χ0n) is 17.4. The molecule has 0 bridgehead atoms. The SMILES string of the molecule is CCn1c(-c2ccc3c(c2)OCCO3)cnc1SCC(=O)N1[C@H](C)CCC[C@@H]1C. The lowest BCUT2D eigenvalue weighted by Crippen LogP contribution is -2.48. The highest BCUT2D eigenvalue weighted by Crippen LogP contribution is 2.35. The van der Waals surface area contributed by atoms with Crippen molar-refractivity contribution < 1.29 is 14.3 Å². The number of hydrogen-bond acceptors (Lipinski definition) is 5. The summed E-state index contributed by atoms with van der Waals surface area (Å²) in [6.45, 7) is 8.36. The third-order valence-electron chi connectivity index (χ3n) is 5.78. The second-order valence-corrected chi connectivity index (χ2v) is 8.69. The number of ether oxygens (including phenoxy) is 2. The molecule has 2 aliphatic heterocycles. The van der Waals surface area contributed by atoms with Gasteiger partial charge in [0.1, 0.15) is 13.2 Å². The maximum atomic E-state index is 12.9. The van der Waals surface area contributed by atoms with Crippen molar-refractivity contribution in [2.75, 3.05) is 19.0 Å². The molecule has 29 heavy (non-hydrogen) atoms. The number of fused-ring (bicyclic) bond motifs is 1. The lowest BCUT2D eigenvalue weighted by Gasteiger charge is -2.39. The van der Waals surface area contributed by atoms with Gasteiger partial charge in [-0.25, -0.2) is 4.98 Å². The minimum atomic E-state index is 0.209. The average molecular weight is 416 g/mol. The molecule has 3 heterocycles. The molecule has 7 heteroatoms. The number of aromatic nitrogens is 2. The van der Waals surface area contributed by atoms with E-state index in [1.807, 2.05) is 24.4 Å². The Bertz CT molecular complexity index is 872. The Labute approximate surface area is 176 Å². The number of likely N-dealkylation sites (tertiary alicyclic amines) is 1. The number of imidazole rings is 1. The number of carbonyl (C=O) groups is 1. The van der Waals surface area contributed by atoms with Crippen LogP contribution in [0.1, 0.15) is 40.0 Å². The molecule has 1 fully saturated rings. The van der Waals surface area contributed by atoms with Crippen molar-refractivity contribution in [1.82, 2.24) is 14.5 Å². The highest BCUT2D eigenvalue weighted by molar-refractivity contribution is 7.99. The van der Waals surface area contributed by atoms with Crippen molar-refractivity contribution in [3.05, 3.63) is 24.4 Å². The highest BCUT2D eigenvalue weighted by Gasteiger charge is 2.29. The second kappa shape index (κ2) is 8.69. The van der Waals surface area contributed by atoms with E-state index in [9.17, 15) is 4.79 Å². The molecular formula is C22H29N3O3S. The van der Waals surface area contributed by atoms with Gasteiger partial charge < -0.3 is 18.9 Å². The first kappa shape index (κ1) is 20.1. The summed E-state index contributed by atoms with van der Waals surface area (Å²) in [5.41, 5.74) is 2.07. The molecule has 4 rings (SSSR count). The van der Waals surface area contributed by atoms with Crippen LogP contribution in [0.4, 0.5) is 0 Å². The summed E-state index contributed by atoms with van der Waals surface area (Å²) in [5.74, 6) is 2.19. The summed E-state index contributed by atoms with van der Waals surface area (Å²) in [6, 6.07) is 6.64. The molecule has 1 saturated heterocycles. The van der Waals surface area contributed by atoms with Crippen LogP contribution in [0, 0.1) is 0 Å². The molecule has 0 N–H and O–H groups in total. The highest BCUT2D eigenvalue weighted by atomic mass is 32.2. The van der Waals surface area contributed by atoms with E-state index in [0.29, 0.717) is 31.1 Å². The van der Waals surface area contributed by atoms with Crippen LogP contribution < -0.4 is 9.47 Å². The van der Waals surface area contributed by atoms with Crippen LogP contribution >= 0.6 is 11.8 Å². The van der Waals surface area contributed by atoms with E-state index in [4.69, 9.17) is 9.47 Å². The fourth-order valence-electron chi connectivity index (χ4n) is 4.33. The molecule has 0 saturated carbocycles. The largest absolute Gasteiger partial charge is 0.486 e. The van der Waals surface area contributed by atoms with Gasteiger partial charge in [0.05, 0.1) is 17.6 Å². The topological polar surface area (TPSA) is 56.6 Å². The van der Waals surface area contributed by atoms with E-state index in [1.165, 1.54) is 18.2 Å². The van der Waals surface area contributed by atoms with Crippen LogP contribution in [0.5, 0.6) is 11.5 Å². The van der Waals surface area contributed by atoms with Gasteiger partial charge in [0.15, 0.2) is 16.7 Å². The molecule has 1 aromatic carbocycles. The normalized spacial score (nSPS) is 21.3. The fraction of sp³-hybridized carbons (Fsp3) is 0.545. The van der Waals surface area contributed by atoms with Crippen LogP contribution in [-0.4, -0.2) is 51.4 Å². The number of amides is 1. The lowest BCUT2D eigenvalue weighted by atomic mass is 9.98. The number of piperidine rings is 1. The van der Waals surface area contributed by atoms with Crippen LogP contribution in [0.2, 0.25) is 0 Å². The van der Waals surface area contributed by atoms with Gasteiger partial charge in [-0.15, -0.1) is 0 Å². The molecule has 0 spiro atoms. The van der Waals surface area contributed by atoms with Crippen molar-refractivity contribution >= 4 is 17.7 Å². The lowest BCUT2D eigenvalue weighted by molar-refractivity contribution is -0.134. The number of hydrogen-bond donors (Lipinski definition) is 0. The first-order valence-corrected chi connectivity index (χ1v) is 11.5. The van der Waals surface area contributed by atoms with E-state index >= 15 is 0 Å². The molecule has 2 aliphatic rings. The van der Waals surface area contributed by atoms with Crippen molar-refractivity contribution in [2.24, 2.45) is 0 Å². The van der Waals surface area contributed by atoms with Crippen LogP contribution in [0.3, 0.4) is 0 Å². The van der Waals surface area contributed by atoms with Gasteiger partial charge in [-0.1, -0.05) is 11.8 Å². The van der Waals surface area contributed by atoms with Gasteiger partial charge in [0, 0.05) is 24.2 Å². The smallest absolute Gasteiger partial charge is 0.233 e. The van der Waals surface area contributed by atoms with Gasteiger partial charge in [-0.05, 0) is 58.2 Å². The maximum Gasteiger partial charge on any atom is 0.233 e.